The summed E-state index contributed by atoms with van der Waals surface area (Å²) < 4.78 is 5.33. The minimum Gasteiger partial charge on any atom is -0.384 e. The van der Waals surface area contributed by atoms with E-state index < -0.39 is 0 Å². The molecular formula is C17H29NO2. The number of nitrogens with zero attached hydrogens (tertiary/aromatic N) is 1. The average molecular weight is 279 g/mol. The van der Waals surface area contributed by atoms with E-state index in [-0.39, 0.29) is 5.41 Å². The molecule has 0 N–H and O–H groups in total. The first-order valence-electron chi connectivity index (χ1n) is 8.53. The summed E-state index contributed by atoms with van der Waals surface area (Å²) in [5.41, 5.74) is -0.157. The van der Waals surface area contributed by atoms with Gasteiger partial charge in [-0.25, -0.2) is 0 Å². The third kappa shape index (κ3) is 2.61. The summed E-state index contributed by atoms with van der Waals surface area (Å²) >= 11 is 0. The van der Waals surface area contributed by atoms with E-state index >= 15 is 0 Å². The summed E-state index contributed by atoms with van der Waals surface area (Å²) in [6, 6.07) is 0. The minimum atomic E-state index is -0.157. The molecule has 114 valence electrons. The molecule has 0 aromatic rings. The van der Waals surface area contributed by atoms with E-state index in [0.29, 0.717) is 12.5 Å². The molecule has 3 nitrogen and oxygen atoms in total. The lowest BCUT2D eigenvalue weighted by atomic mass is 9.68. The van der Waals surface area contributed by atoms with Gasteiger partial charge in [-0.1, -0.05) is 38.5 Å². The largest absolute Gasteiger partial charge is 0.384 e. The van der Waals surface area contributed by atoms with Crippen molar-refractivity contribution in [2.45, 2.75) is 57.8 Å². The van der Waals surface area contributed by atoms with Gasteiger partial charge in [-0.3, -0.25) is 4.79 Å². The van der Waals surface area contributed by atoms with Gasteiger partial charge in [0.1, 0.15) is 0 Å². The fraction of sp³-hybridized carbons (Fsp3) is 0.941. The van der Waals surface area contributed by atoms with Crippen molar-refractivity contribution in [3.63, 3.8) is 0 Å². The van der Waals surface area contributed by atoms with Gasteiger partial charge in [0.15, 0.2) is 0 Å². The zero-order valence-electron chi connectivity index (χ0n) is 12.9. The maximum absolute atomic E-state index is 12.8. The fourth-order valence-corrected chi connectivity index (χ4v) is 4.60. The van der Waals surface area contributed by atoms with E-state index in [1.54, 1.807) is 7.11 Å². The van der Waals surface area contributed by atoms with Crippen molar-refractivity contribution in [2.24, 2.45) is 17.3 Å². The smallest absolute Gasteiger partial charge is 0.231 e. The number of likely N-dealkylation sites (tertiary alicyclic amines) is 1. The number of ether oxygens (including phenoxy) is 1. The lowest BCUT2D eigenvalue weighted by Gasteiger charge is -2.42. The second-order valence-corrected chi connectivity index (χ2v) is 7.26. The molecule has 0 radical (unpaired) electrons. The third-order valence-electron chi connectivity index (χ3n) is 6.01. The van der Waals surface area contributed by atoms with E-state index in [0.717, 1.165) is 37.8 Å². The summed E-state index contributed by atoms with van der Waals surface area (Å²) in [6.07, 6.45) is 11.5. The van der Waals surface area contributed by atoms with Crippen molar-refractivity contribution in [1.29, 1.82) is 0 Å². The van der Waals surface area contributed by atoms with Crippen LogP contribution in [0.2, 0.25) is 0 Å². The second-order valence-electron chi connectivity index (χ2n) is 7.26. The van der Waals surface area contributed by atoms with Gasteiger partial charge in [0, 0.05) is 20.2 Å². The highest BCUT2D eigenvalue weighted by atomic mass is 16.5. The Bertz CT molecular complexity index is 345. The molecule has 1 amide bonds. The molecule has 1 aliphatic heterocycles. The molecule has 0 bridgehead atoms. The molecule has 2 aliphatic carbocycles. The van der Waals surface area contributed by atoms with E-state index in [4.69, 9.17) is 4.74 Å². The van der Waals surface area contributed by atoms with Crippen LogP contribution in [0.5, 0.6) is 0 Å². The molecule has 0 aromatic carbocycles. The molecule has 20 heavy (non-hydrogen) atoms. The second kappa shape index (κ2) is 6.05. The predicted molar refractivity (Wildman–Crippen MR) is 79.4 cm³/mol. The summed E-state index contributed by atoms with van der Waals surface area (Å²) in [7, 11) is 1.72. The van der Waals surface area contributed by atoms with Crippen molar-refractivity contribution < 1.29 is 9.53 Å². The first-order valence-corrected chi connectivity index (χ1v) is 8.53. The topological polar surface area (TPSA) is 29.5 Å². The van der Waals surface area contributed by atoms with Crippen LogP contribution in [0.4, 0.5) is 0 Å². The van der Waals surface area contributed by atoms with E-state index in [1.165, 1.54) is 44.9 Å². The van der Waals surface area contributed by atoms with Gasteiger partial charge < -0.3 is 9.64 Å². The van der Waals surface area contributed by atoms with Gasteiger partial charge in [0.05, 0.1) is 12.0 Å². The van der Waals surface area contributed by atoms with Crippen molar-refractivity contribution in [3.05, 3.63) is 0 Å². The molecule has 0 aromatic heterocycles. The number of hydrogen-bond acceptors (Lipinski definition) is 2. The van der Waals surface area contributed by atoms with Crippen molar-refractivity contribution in [3.8, 4) is 0 Å². The Morgan fingerprint density at radius 3 is 2.45 bits per heavy atom. The van der Waals surface area contributed by atoms with Crippen LogP contribution >= 0.6 is 0 Å². The summed E-state index contributed by atoms with van der Waals surface area (Å²) in [4.78, 5) is 15.0. The van der Waals surface area contributed by atoms with E-state index in [2.05, 4.69) is 4.90 Å². The number of rotatable bonds is 4. The van der Waals surface area contributed by atoms with Gasteiger partial charge in [0.2, 0.25) is 5.91 Å². The highest BCUT2D eigenvalue weighted by Gasteiger charge is 2.47. The minimum absolute atomic E-state index is 0.157. The molecule has 1 saturated heterocycles. The zero-order valence-corrected chi connectivity index (χ0v) is 12.9. The Labute approximate surface area is 123 Å². The number of amides is 1. The predicted octanol–water partition coefficient (Wildman–Crippen LogP) is 3.23. The van der Waals surface area contributed by atoms with Crippen LogP contribution in [0.15, 0.2) is 0 Å². The Morgan fingerprint density at radius 1 is 1.10 bits per heavy atom. The fourth-order valence-electron chi connectivity index (χ4n) is 4.60. The van der Waals surface area contributed by atoms with Crippen LogP contribution in [-0.2, 0) is 9.53 Å². The first-order chi connectivity index (χ1) is 9.75. The molecule has 0 spiro atoms. The van der Waals surface area contributed by atoms with Gasteiger partial charge in [0.25, 0.3) is 0 Å². The molecule has 3 heteroatoms. The molecular weight excluding hydrogens is 250 g/mol. The lowest BCUT2D eigenvalue weighted by molar-refractivity contribution is -0.151. The quantitative estimate of drug-likeness (QED) is 0.790. The van der Waals surface area contributed by atoms with Crippen LogP contribution in [0.3, 0.4) is 0 Å². The standard InChI is InChI=1S/C17H29NO2/c1-20-13-17(9-5-10-17)16(19)18-11-8-15(12-18)14-6-3-2-4-7-14/h14-15H,2-13H2,1H3/t15-/m0/s1. The highest BCUT2D eigenvalue weighted by Crippen LogP contribution is 2.44. The number of carbonyl (C=O) groups excluding carboxylic acids is 1. The molecule has 3 fully saturated rings. The third-order valence-corrected chi connectivity index (χ3v) is 6.01. The number of hydrogen-bond donors (Lipinski definition) is 0. The summed E-state index contributed by atoms with van der Waals surface area (Å²) in [5.74, 6) is 2.06. The molecule has 1 atom stereocenters. The molecule has 2 saturated carbocycles. The van der Waals surface area contributed by atoms with Crippen LogP contribution in [0, 0.1) is 17.3 Å². The maximum atomic E-state index is 12.8. The Hall–Kier alpha value is -0.570. The Kier molecular flexibility index (Phi) is 4.34. The average Bonchev–Trinajstić information content (AvgIpc) is 2.93. The van der Waals surface area contributed by atoms with E-state index in [1.807, 2.05) is 0 Å². The normalized spacial score (nSPS) is 30.2. The SMILES string of the molecule is COCC1(C(=O)N2CC[C@H](C3CCCCC3)C2)CCC1. The lowest BCUT2D eigenvalue weighted by Crippen LogP contribution is -2.49. The van der Waals surface area contributed by atoms with Gasteiger partial charge in [-0.2, -0.15) is 0 Å². The highest BCUT2D eigenvalue weighted by molar-refractivity contribution is 5.84. The van der Waals surface area contributed by atoms with E-state index in [9.17, 15) is 4.79 Å². The van der Waals surface area contributed by atoms with Crippen LogP contribution in [0.1, 0.15) is 57.8 Å². The van der Waals surface area contributed by atoms with Gasteiger partial charge in [-0.05, 0) is 31.1 Å². The molecule has 0 unspecified atom stereocenters. The Balaban J connectivity index is 1.57. The van der Waals surface area contributed by atoms with Crippen molar-refractivity contribution >= 4 is 5.91 Å². The number of methoxy groups -OCH3 is 1. The monoisotopic (exact) mass is 279 g/mol. The van der Waals surface area contributed by atoms with Gasteiger partial charge in [-0.15, -0.1) is 0 Å². The Morgan fingerprint density at radius 2 is 1.85 bits per heavy atom. The van der Waals surface area contributed by atoms with Crippen molar-refractivity contribution in [2.75, 3.05) is 26.8 Å². The zero-order chi connectivity index (χ0) is 14.0. The van der Waals surface area contributed by atoms with Crippen LogP contribution in [-0.4, -0.2) is 37.6 Å². The van der Waals surface area contributed by atoms with Gasteiger partial charge >= 0.3 is 0 Å². The number of carbonyl (C=O) groups is 1. The summed E-state index contributed by atoms with van der Waals surface area (Å²) in [5, 5.41) is 0. The van der Waals surface area contributed by atoms with Crippen molar-refractivity contribution in [1.82, 2.24) is 4.90 Å². The first kappa shape index (κ1) is 14.4. The van der Waals surface area contributed by atoms with Crippen LogP contribution < -0.4 is 0 Å². The molecule has 3 aliphatic rings. The summed E-state index contributed by atoms with van der Waals surface area (Å²) in [6.45, 7) is 2.64. The molecule has 3 rings (SSSR count). The van der Waals surface area contributed by atoms with Crippen LogP contribution in [0.25, 0.3) is 0 Å². The molecule has 1 heterocycles. The maximum Gasteiger partial charge on any atom is 0.231 e.